The second-order valence-electron chi connectivity index (χ2n) is 5.55. The van der Waals surface area contributed by atoms with Crippen LogP contribution in [-0.4, -0.2) is 31.1 Å². The molecule has 6 heteroatoms. The largest absolute Gasteiger partial charge is 0.465 e. The SMILES string of the molecule is COC(=O)c1cccc(COC(=O)[C@H]2Cc3ccccc3C(=O)O2)c1. The minimum absolute atomic E-state index is 0.0284. The number of ether oxygens (including phenoxy) is 3. The summed E-state index contributed by atoms with van der Waals surface area (Å²) in [7, 11) is 1.30. The van der Waals surface area contributed by atoms with Crippen LogP contribution in [0.1, 0.15) is 31.8 Å². The fourth-order valence-corrected chi connectivity index (χ4v) is 2.62. The number of methoxy groups -OCH3 is 1. The predicted molar refractivity (Wildman–Crippen MR) is 86.9 cm³/mol. The molecule has 2 aromatic rings. The van der Waals surface area contributed by atoms with Crippen molar-refractivity contribution in [3.05, 3.63) is 70.8 Å². The third-order valence-electron chi connectivity index (χ3n) is 3.88. The predicted octanol–water partition coefficient (Wildman–Crippen LogP) is 2.30. The molecule has 1 aliphatic rings. The van der Waals surface area contributed by atoms with Gasteiger partial charge in [0, 0.05) is 6.42 Å². The lowest BCUT2D eigenvalue weighted by Crippen LogP contribution is -2.35. The van der Waals surface area contributed by atoms with Crippen LogP contribution < -0.4 is 0 Å². The van der Waals surface area contributed by atoms with Crippen LogP contribution in [0.4, 0.5) is 0 Å². The molecule has 0 aliphatic carbocycles. The van der Waals surface area contributed by atoms with Crippen molar-refractivity contribution in [2.45, 2.75) is 19.1 Å². The van der Waals surface area contributed by atoms with Crippen molar-refractivity contribution in [2.75, 3.05) is 7.11 Å². The lowest BCUT2D eigenvalue weighted by Gasteiger charge is -2.23. The van der Waals surface area contributed by atoms with Crippen molar-refractivity contribution in [2.24, 2.45) is 0 Å². The summed E-state index contributed by atoms with van der Waals surface area (Å²) in [6.45, 7) is -0.0284. The maximum atomic E-state index is 12.2. The molecule has 1 aliphatic heterocycles. The summed E-state index contributed by atoms with van der Waals surface area (Å²) in [5.41, 5.74) is 2.23. The quantitative estimate of drug-likeness (QED) is 0.628. The highest BCUT2D eigenvalue weighted by Crippen LogP contribution is 2.21. The van der Waals surface area contributed by atoms with Crippen LogP contribution in [0.2, 0.25) is 0 Å². The van der Waals surface area contributed by atoms with Crippen LogP contribution >= 0.6 is 0 Å². The Kier molecular flexibility index (Phi) is 4.79. The Morgan fingerprint density at radius 2 is 1.96 bits per heavy atom. The molecular weight excluding hydrogens is 324 g/mol. The Labute approximate surface area is 144 Å². The highest BCUT2D eigenvalue weighted by Gasteiger charge is 2.32. The van der Waals surface area contributed by atoms with E-state index in [0.717, 1.165) is 5.56 Å². The molecule has 0 saturated carbocycles. The van der Waals surface area contributed by atoms with E-state index in [2.05, 4.69) is 4.74 Å². The average molecular weight is 340 g/mol. The summed E-state index contributed by atoms with van der Waals surface area (Å²) in [5, 5.41) is 0. The number of rotatable bonds is 4. The van der Waals surface area contributed by atoms with Crippen molar-refractivity contribution in [1.29, 1.82) is 0 Å². The first-order valence-corrected chi connectivity index (χ1v) is 7.71. The normalized spacial score (nSPS) is 15.7. The highest BCUT2D eigenvalue weighted by molar-refractivity contribution is 5.95. The van der Waals surface area contributed by atoms with Gasteiger partial charge in [-0.25, -0.2) is 14.4 Å². The van der Waals surface area contributed by atoms with Gasteiger partial charge in [0.2, 0.25) is 6.10 Å². The van der Waals surface area contributed by atoms with Crippen LogP contribution in [0.15, 0.2) is 48.5 Å². The summed E-state index contributed by atoms with van der Waals surface area (Å²) in [6.07, 6.45) is -0.686. The Morgan fingerprint density at radius 3 is 2.76 bits per heavy atom. The third kappa shape index (κ3) is 3.68. The van der Waals surface area contributed by atoms with Gasteiger partial charge in [0.15, 0.2) is 0 Å². The molecule has 0 aromatic heterocycles. The van der Waals surface area contributed by atoms with E-state index < -0.39 is 24.0 Å². The molecule has 0 bridgehead atoms. The summed E-state index contributed by atoms with van der Waals surface area (Å²) in [4.78, 5) is 35.7. The molecule has 0 spiro atoms. The maximum Gasteiger partial charge on any atom is 0.348 e. The van der Waals surface area contributed by atoms with Gasteiger partial charge in [-0.05, 0) is 29.3 Å². The first kappa shape index (κ1) is 16.7. The maximum absolute atomic E-state index is 12.2. The van der Waals surface area contributed by atoms with Gasteiger partial charge in [-0.3, -0.25) is 0 Å². The summed E-state index contributed by atoms with van der Waals surface area (Å²) in [5.74, 6) is -1.62. The smallest absolute Gasteiger partial charge is 0.348 e. The summed E-state index contributed by atoms with van der Waals surface area (Å²) >= 11 is 0. The number of carbonyl (C=O) groups excluding carboxylic acids is 3. The summed E-state index contributed by atoms with van der Waals surface area (Å²) in [6, 6.07) is 13.6. The van der Waals surface area contributed by atoms with Crippen LogP contribution in [0.5, 0.6) is 0 Å². The van der Waals surface area contributed by atoms with Gasteiger partial charge in [-0.2, -0.15) is 0 Å². The molecule has 1 atom stereocenters. The Morgan fingerprint density at radius 1 is 1.16 bits per heavy atom. The zero-order valence-corrected chi connectivity index (χ0v) is 13.6. The topological polar surface area (TPSA) is 78.9 Å². The number of hydrogen-bond donors (Lipinski definition) is 0. The van der Waals surface area contributed by atoms with E-state index in [1.807, 2.05) is 0 Å². The number of fused-ring (bicyclic) bond motifs is 1. The van der Waals surface area contributed by atoms with Gasteiger partial charge < -0.3 is 14.2 Å². The van der Waals surface area contributed by atoms with E-state index >= 15 is 0 Å². The highest BCUT2D eigenvalue weighted by atomic mass is 16.6. The number of cyclic esters (lactones) is 1. The van der Waals surface area contributed by atoms with Gasteiger partial charge in [0.1, 0.15) is 6.61 Å². The lowest BCUT2D eigenvalue weighted by atomic mass is 9.99. The molecule has 0 saturated heterocycles. The van der Waals surface area contributed by atoms with E-state index in [-0.39, 0.29) is 13.0 Å². The van der Waals surface area contributed by atoms with E-state index in [4.69, 9.17) is 9.47 Å². The minimum Gasteiger partial charge on any atom is -0.465 e. The zero-order chi connectivity index (χ0) is 17.8. The third-order valence-corrected chi connectivity index (χ3v) is 3.88. The molecule has 0 fully saturated rings. The van der Waals surface area contributed by atoms with Crippen LogP contribution in [-0.2, 0) is 32.0 Å². The molecular formula is C19H16O6. The van der Waals surface area contributed by atoms with Gasteiger partial charge in [-0.1, -0.05) is 30.3 Å². The fourth-order valence-electron chi connectivity index (χ4n) is 2.62. The second kappa shape index (κ2) is 7.17. The molecule has 0 radical (unpaired) electrons. The fraction of sp³-hybridized carbons (Fsp3) is 0.211. The van der Waals surface area contributed by atoms with Crippen molar-refractivity contribution in [3.8, 4) is 0 Å². The molecule has 0 N–H and O–H groups in total. The van der Waals surface area contributed by atoms with Gasteiger partial charge in [-0.15, -0.1) is 0 Å². The van der Waals surface area contributed by atoms with Crippen molar-refractivity contribution in [3.63, 3.8) is 0 Å². The van der Waals surface area contributed by atoms with E-state index in [1.54, 1.807) is 48.5 Å². The van der Waals surface area contributed by atoms with Gasteiger partial charge in [0.25, 0.3) is 0 Å². The van der Waals surface area contributed by atoms with Crippen molar-refractivity contribution >= 4 is 17.9 Å². The van der Waals surface area contributed by atoms with Crippen LogP contribution in [0.3, 0.4) is 0 Å². The van der Waals surface area contributed by atoms with Crippen LogP contribution in [0, 0.1) is 0 Å². The van der Waals surface area contributed by atoms with Crippen molar-refractivity contribution < 1.29 is 28.6 Å². The number of benzene rings is 2. The molecule has 6 nitrogen and oxygen atoms in total. The molecule has 0 amide bonds. The number of esters is 3. The average Bonchev–Trinajstić information content (AvgIpc) is 2.65. The molecule has 3 rings (SSSR count). The summed E-state index contributed by atoms with van der Waals surface area (Å²) < 4.78 is 15.0. The van der Waals surface area contributed by atoms with E-state index in [0.29, 0.717) is 16.7 Å². The first-order chi connectivity index (χ1) is 12.1. The van der Waals surface area contributed by atoms with E-state index in [1.165, 1.54) is 7.11 Å². The zero-order valence-electron chi connectivity index (χ0n) is 13.6. The lowest BCUT2D eigenvalue weighted by molar-refractivity contribution is -0.155. The molecule has 2 aromatic carbocycles. The Balaban J connectivity index is 1.64. The Bertz CT molecular complexity index is 826. The standard InChI is InChI=1S/C19H16O6/c1-23-17(20)14-7-4-5-12(9-14)11-24-19(22)16-10-13-6-2-3-8-15(13)18(21)25-16/h2-9,16H,10-11H2,1H3/t16-/m1/s1. The minimum atomic E-state index is -0.966. The number of carbonyl (C=O) groups is 3. The van der Waals surface area contributed by atoms with Gasteiger partial charge >= 0.3 is 17.9 Å². The molecule has 25 heavy (non-hydrogen) atoms. The first-order valence-electron chi connectivity index (χ1n) is 7.71. The van der Waals surface area contributed by atoms with Crippen molar-refractivity contribution in [1.82, 2.24) is 0 Å². The monoisotopic (exact) mass is 340 g/mol. The molecule has 1 heterocycles. The number of hydrogen-bond acceptors (Lipinski definition) is 6. The van der Waals surface area contributed by atoms with Crippen LogP contribution in [0.25, 0.3) is 0 Å². The molecule has 0 unspecified atom stereocenters. The van der Waals surface area contributed by atoms with Gasteiger partial charge in [0.05, 0.1) is 18.2 Å². The molecule has 128 valence electrons. The Hall–Kier alpha value is -3.15. The van der Waals surface area contributed by atoms with E-state index in [9.17, 15) is 14.4 Å². The second-order valence-corrected chi connectivity index (χ2v) is 5.55.